The number of ketones is 1. The highest BCUT2D eigenvalue weighted by atomic mass is 35.5. The van der Waals surface area contributed by atoms with E-state index in [1.165, 1.54) is 6.07 Å². The monoisotopic (exact) mass is 344 g/mol. The van der Waals surface area contributed by atoms with E-state index in [2.05, 4.69) is 10.3 Å². The first-order valence-corrected chi connectivity index (χ1v) is 8.14. The van der Waals surface area contributed by atoms with Crippen molar-refractivity contribution in [1.29, 1.82) is 0 Å². The van der Waals surface area contributed by atoms with Gasteiger partial charge in [0.25, 0.3) is 11.5 Å². The van der Waals surface area contributed by atoms with E-state index in [0.29, 0.717) is 29.1 Å². The van der Waals surface area contributed by atoms with Crippen LogP contribution in [0.25, 0.3) is 0 Å². The largest absolute Gasteiger partial charge is 0.348 e. The Morgan fingerprint density at radius 2 is 2.04 bits per heavy atom. The standard InChI is InChI=1S/C18H17ClN2O3/c1-10-6-15-12(16(22)7-10)8-13(18(24)21-15)17(23)20-9-11-4-2-3-5-14(11)19/h2-5,8,10H,6-7,9H2,1H3,(H,20,23)(H,21,24)/t10-/m1/s1. The molecular weight excluding hydrogens is 328 g/mol. The van der Waals surface area contributed by atoms with Gasteiger partial charge < -0.3 is 10.3 Å². The molecule has 24 heavy (non-hydrogen) atoms. The lowest BCUT2D eigenvalue weighted by atomic mass is 9.86. The number of nitrogens with one attached hydrogen (secondary N) is 2. The summed E-state index contributed by atoms with van der Waals surface area (Å²) in [6.45, 7) is 2.17. The van der Waals surface area contributed by atoms with Crippen molar-refractivity contribution in [2.45, 2.75) is 26.3 Å². The first-order valence-electron chi connectivity index (χ1n) is 7.76. The van der Waals surface area contributed by atoms with E-state index in [9.17, 15) is 14.4 Å². The number of fused-ring (bicyclic) bond motifs is 1. The zero-order valence-corrected chi connectivity index (χ0v) is 13.9. The maximum Gasteiger partial charge on any atom is 0.261 e. The number of hydrogen-bond donors (Lipinski definition) is 2. The average molecular weight is 345 g/mol. The summed E-state index contributed by atoms with van der Waals surface area (Å²) < 4.78 is 0. The third-order valence-electron chi connectivity index (χ3n) is 4.15. The van der Waals surface area contributed by atoms with Crippen LogP contribution in [-0.4, -0.2) is 16.7 Å². The van der Waals surface area contributed by atoms with Crippen molar-refractivity contribution in [2.24, 2.45) is 5.92 Å². The molecule has 0 spiro atoms. The smallest absolute Gasteiger partial charge is 0.261 e. The van der Waals surface area contributed by atoms with E-state index in [4.69, 9.17) is 11.6 Å². The Bertz CT molecular complexity index is 873. The zero-order valence-electron chi connectivity index (χ0n) is 13.2. The average Bonchev–Trinajstić information content (AvgIpc) is 2.53. The Kier molecular flexibility index (Phi) is 4.53. The summed E-state index contributed by atoms with van der Waals surface area (Å²) in [7, 11) is 0. The van der Waals surface area contributed by atoms with Crippen molar-refractivity contribution in [3.63, 3.8) is 0 Å². The van der Waals surface area contributed by atoms with Crippen LogP contribution in [0, 0.1) is 5.92 Å². The maximum absolute atomic E-state index is 12.3. The zero-order chi connectivity index (χ0) is 17.3. The Morgan fingerprint density at radius 3 is 2.79 bits per heavy atom. The Hall–Kier alpha value is -2.40. The normalized spacial score (nSPS) is 16.6. The minimum Gasteiger partial charge on any atom is -0.348 e. The summed E-state index contributed by atoms with van der Waals surface area (Å²) in [5.74, 6) is -0.369. The summed E-state index contributed by atoms with van der Waals surface area (Å²) in [4.78, 5) is 39.3. The molecule has 5 nitrogen and oxygen atoms in total. The van der Waals surface area contributed by atoms with Gasteiger partial charge in [0.05, 0.1) is 0 Å². The van der Waals surface area contributed by atoms with Crippen molar-refractivity contribution >= 4 is 23.3 Å². The molecule has 0 fully saturated rings. The van der Waals surface area contributed by atoms with Gasteiger partial charge in [0, 0.05) is 29.2 Å². The predicted octanol–water partition coefficient (Wildman–Crippen LogP) is 2.72. The number of hydrogen-bond acceptors (Lipinski definition) is 3. The van der Waals surface area contributed by atoms with Gasteiger partial charge in [0.1, 0.15) is 5.56 Å². The summed E-state index contributed by atoms with van der Waals surface area (Å²) in [6, 6.07) is 8.55. The Balaban J connectivity index is 1.83. The number of halogens is 1. The molecule has 6 heteroatoms. The van der Waals surface area contributed by atoms with Crippen LogP contribution >= 0.6 is 11.6 Å². The highest BCUT2D eigenvalue weighted by Gasteiger charge is 2.25. The van der Waals surface area contributed by atoms with Crippen LogP contribution in [0.3, 0.4) is 0 Å². The molecule has 1 heterocycles. The van der Waals surface area contributed by atoms with E-state index in [-0.39, 0.29) is 23.8 Å². The Labute approximate surface area is 144 Å². The van der Waals surface area contributed by atoms with Crippen molar-refractivity contribution in [3.05, 3.63) is 68.1 Å². The summed E-state index contributed by atoms with van der Waals surface area (Å²) in [5, 5.41) is 3.22. The minimum absolute atomic E-state index is 0.0415. The molecule has 3 rings (SSSR count). The number of benzene rings is 1. The molecule has 2 aromatic rings. The molecule has 0 saturated carbocycles. The van der Waals surface area contributed by atoms with Crippen LogP contribution in [0.2, 0.25) is 5.02 Å². The van der Waals surface area contributed by atoms with Gasteiger partial charge in [-0.25, -0.2) is 0 Å². The predicted molar refractivity (Wildman–Crippen MR) is 91.5 cm³/mol. The number of rotatable bonds is 3. The van der Waals surface area contributed by atoms with Gasteiger partial charge in [-0.1, -0.05) is 36.7 Å². The Morgan fingerprint density at radius 1 is 1.29 bits per heavy atom. The molecule has 2 N–H and O–H groups in total. The molecule has 1 aliphatic carbocycles. The molecule has 1 aromatic carbocycles. The number of aromatic nitrogens is 1. The number of Topliss-reactive ketones (excluding diaryl/α,β-unsaturated/α-hetero) is 1. The van der Waals surface area contributed by atoms with Crippen molar-refractivity contribution in [1.82, 2.24) is 10.3 Å². The summed E-state index contributed by atoms with van der Waals surface area (Å²) in [5.41, 5.74) is 1.28. The van der Waals surface area contributed by atoms with Gasteiger partial charge >= 0.3 is 0 Å². The lowest BCUT2D eigenvalue weighted by Gasteiger charge is -2.20. The van der Waals surface area contributed by atoms with E-state index in [1.54, 1.807) is 18.2 Å². The molecule has 1 amide bonds. The fourth-order valence-corrected chi connectivity index (χ4v) is 3.11. The van der Waals surface area contributed by atoms with Gasteiger partial charge in [0.15, 0.2) is 5.78 Å². The summed E-state index contributed by atoms with van der Waals surface area (Å²) in [6.07, 6.45) is 1.07. The fourth-order valence-electron chi connectivity index (χ4n) is 2.91. The molecule has 0 saturated heterocycles. The topological polar surface area (TPSA) is 79.0 Å². The second kappa shape index (κ2) is 6.61. The van der Waals surface area contributed by atoms with Crippen LogP contribution in [0.1, 0.15) is 45.3 Å². The third kappa shape index (κ3) is 3.26. The number of carbonyl (C=O) groups excluding carboxylic acids is 2. The molecule has 1 aromatic heterocycles. The maximum atomic E-state index is 12.3. The lowest BCUT2D eigenvalue weighted by Crippen LogP contribution is -2.32. The quantitative estimate of drug-likeness (QED) is 0.898. The second-order valence-corrected chi connectivity index (χ2v) is 6.52. The van der Waals surface area contributed by atoms with E-state index < -0.39 is 11.5 Å². The molecule has 1 aliphatic rings. The molecule has 124 valence electrons. The number of amides is 1. The summed E-state index contributed by atoms with van der Waals surface area (Å²) >= 11 is 6.05. The first-order chi connectivity index (χ1) is 11.5. The molecule has 0 aliphatic heterocycles. The van der Waals surface area contributed by atoms with Crippen LogP contribution in [0.4, 0.5) is 0 Å². The van der Waals surface area contributed by atoms with Crippen molar-refractivity contribution in [2.75, 3.05) is 0 Å². The number of aromatic amines is 1. The van der Waals surface area contributed by atoms with E-state index in [0.717, 1.165) is 5.56 Å². The van der Waals surface area contributed by atoms with Crippen LogP contribution < -0.4 is 10.9 Å². The highest BCUT2D eigenvalue weighted by Crippen LogP contribution is 2.23. The number of H-pyrrole nitrogens is 1. The van der Waals surface area contributed by atoms with E-state index >= 15 is 0 Å². The van der Waals surface area contributed by atoms with Gasteiger partial charge in [-0.15, -0.1) is 0 Å². The highest BCUT2D eigenvalue weighted by molar-refractivity contribution is 6.31. The van der Waals surface area contributed by atoms with Gasteiger partial charge in [0.2, 0.25) is 0 Å². The molecule has 0 radical (unpaired) electrons. The van der Waals surface area contributed by atoms with Gasteiger partial charge in [-0.2, -0.15) is 0 Å². The van der Waals surface area contributed by atoms with Crippen LogP contribution in [0.15, 0.2) is 35.1 Å². The minimum atomic E-state index is -0.523. The first kappa shape index (κ1) is 16.5. The van der Waals surface area contributed by atoms with Gasteiger partial charge in [-0.05, 0) is 30.0 Å². The number of carbonyl (C=O) groups is 2. The molecule has 0 unspecified atom stereocenters. The van der Waals surface area contributed by atoms with Crippen LogP contribution in [0.5, 0.6) is 0 Å². The van der Waals surface area contributed by atoms with Crippen LogP contribution in [-0.2, 0) is 13.0 Å². The molecule has 0 bridgehead atoms. The number of pyridine rings is 1. The van der Waals surface area contributed by atoms with Crippen molar-refractivity contribution < 1.29 is 9.59 Å². The fraction of sp³-hybridized carbons (Fsp3) is 0.278. The van der Waals surface area contributed by atoms with E-state index in [1.807, 2.05) is 13.0 Å². The van der Waals surface area contributed by atoms with Gasteiger partial charge in [-0.3, -0.25) is 14.4 Å². The lowest BCUT2D eigenvalue weighted by molar-refractivity contribution is 0.0949. The van der Waals surface area contributed by atoms with Crippen molar-refractivity contribution in [3.8, 4) is 0 Å². The second-order valence-electron chi connectivity index (χ2n) is 6.12. The molecular formula is C18H17ClN2O3. The third-order valence-corrected chi connectivity index (χ3v) is 4.52. The molecule has 1 atom stereocenters. The SMILES string of the molecule is C[C@H]1CC(=O)c2cc(C(=O)NCc3ccccc3Cl)c(=O)[nH]c2C1.